The maximum Gasteiger partial charge on any atom is 0.317 e. The summed E-state index contributed by atoms with van der Waals surface area (Å²) in [5.41, 5.74) is 0.882. The van der Waals surface area contributed by atoms with Gasteiger partial charge in [0.15, 0.2) is 0 Å². The smallest absolute Gasteiger partial charge is 0.317 e. The molecule has 1 saturated carbocycles. The molecular weight excluding hydrogens is 261 g/mol. The Kier molecular flexibility index (Phi) is 3.92. The van der Waals surface area contributed by atoms with E-state index in [1.165, 1.54) is 0 Å². The second-order valence-electron chi connectivity index (χ2n) is 4.27. The summed E-state index contributed by atoms with van der Waals surface area (Å²) in [6, 6.07) is 5.64. The van der Waals surface area contributed by atoms with Crippen molar-refractivity contribution >= 4 is 29.2 Å². The number of carboxylic acid groups (broad SMARTS) is 1. The van der Waals surface area contributed by atoms with Gasteiger partial charge in [0.25, 0.3) is 0 Å². The third-order valence-electron chi connectivity index (χ3n) is 2.78. The van der Waals surface area contributed by atoms with E-state index in [-0.39, 0.29) is 6.54 Å². The molecule has 1 aliphatic rings. The van der Waals surface area contributed by atoms with Gasteiger partial charge in [-0.15, -0.1) is 0 Å². The number of nitrogens with zero attached hydrogens (tertiary/aromatic N) is 1. The van der Waals surface area contributed by atoms with E-state index in [0.29, 0.717) is 22.6 Å². The van der Waals surface area contributed by atoms with Crippen LogP contribution in [0.1, 0.15) is 18.4 Å². The highest BCUT2D eigenvalue weighted by Gasteiger charge is 2.30. The number of halogens is 2. The molecule has 0 saturated heterocycles. The number of carboxylic acids is 1. The average molecular weight is 274 g/mol. The summed E-state index contributed by atoms with van der Waals surface area (Å²) in [6.45, 7) is 0.587. The van der Waals surface area contributed by atoms with Crippen LogP contribution in [-0.4, -0.2) is 28.6 Å². The van der Waals surface area contributed by atoms with Crippen molar-refractivity contribution in [3.05, 3.63) is 33.8 Å². The quantitative estimate of drug-likeness (QED) is 0.897. The first-order chi connectivity index (χ1) is 8.06. The van der Waals surface area contributed by atoms with E-state index in [2.05, 4.69) is 0 Å². The molecule has 17 heavy (non-hydrogen) atoms. The molecule has 0 radical (unpaired) electrons. The van der Waals surface area contributed by atoms with E-state index < -0.39 is 5.97 Å². The lowest BCUT2D eigenvalue weighted by atomic mass is 10.2. The van der Waals surface area contributed by atoms with Gasteiger partial charge >= 0.3 is 5.97 Å². The van der Waals surface area contributed by atoms with Gasteiger partial charge in [-0.2, -0.15) is 0 Å². The van der Waals surface area contributed by atoms with Gasteiger partial charge in [-0.05, 0) is 36.6 Å². The molecule has 0 unspecified atom stereocenters. The molecule has 1 N–H and O–H groups in total. The van der Waals surface area contributed by atoms with Crippen molar-refractivity contribution in [3.63, 3.8) is 0 Å². The molecule has 0 aliphatic heterocycles. The SMILES string of the molecule is O=C(O)CN(Cc1cc(Cl)ccc1Cl)C1CC1. The molecule has 0 spiro atoms. The van der Waals surface area contributed by atoms with Crippen molar-refractivity contribution in [2.45, 2.75) is 25.4 Å². The third kappa shape index (κ3) is 3.60. The van der Waals surface area contributed by atoms with Crippen LogP contribution in [0.3, 0.4) is 0 Å². The van der Waals surface area contributed by atoms with Gasteiger partial charge in [-0.25, -0.2) is 0 Å². The average Bonchev–Trinajstić information content (AvgIpc) is 3.05. The highest BCUT2D eigenvalue weighted by Crippen LogP contribution is 2.30. The van der Waals surface area contributed by atoms with E-state index in [1.54, 1.807) is 18.2 Å². The third-order valence-corrected chi connectivity index (χ3v) is 3.39. The molecule has 1 aromatic rings. The molecule has 0 aromatic heterocycles. The Bertz CT molecular complexity index is 433. The van der Waals surface area contributed by atoms with Crippen LogP contribution in [0.25, 0.3) is 0 Å². The van der Waals surface area contributed by atoms with Crippen molar-refractivity contribution in [3.8, 4) is 0 Å². The molecule has 3 nitrogen and oxygen atoms in total. The summed E-state index contributed by atoms with van der Waals surface area (Å²) < 4.78 is 0. The highest BCUT2D eigenvalue weighted by molar-refractivity contribution is 6.33. The molecule has 92 valence electrons. The second kappa shape index (κ2) is 5.25. The monoisotopic (exact) mass is 273 g/mol. The molecule has 0 atom stereocenters. The zero-order valence-corrected chi connectivity index (χ0v) is 10.7. The van der Waals surface area contributed by atoms with Gasteiger partial charge in [-0.1, -0.05) is 23.2 Å². The zero-order valence-electron chi connectivity index (χ0n) is 9.20. The Morgan fingerprint density at radius 2 is 2.12 bits per heavy atom. The molecule has 1 aliphatic carbocycles. The lowest BCUT2D eigenvalue weighted by molar-refractivity contribution is -0.138. The van der Waals surface area contributed by atoms with Gasteiger partial charge in [0.2, 0.25) is 0 Å². The summed E-state index contributed by atoms with van der Waals surface area (Å²) in [5, 5.41) is 10.1. The normalized spacial score (nSPS) is 15.2. The highest BCUT2D eigenvalue weighted by atomic mass is 35.5. The fraction of sp³-hybridized carbons (Fsp3) is 0.417. The Morgan fingerprint density at radius 3 is 2.71 bits per heavy atom. The first-order valence-electron chi connectivity index (χ1n) is 5.46. The van der Waals surface area contributed by atoms with Crippen molar-refractivity contribution in [2.75, 3.05) is 6.54 Å². The minimum Gasteiger partial charge on any atom is -0.480 e. The summed E-state index contributed by atoms with van der Waals surface area (Å²) in [7, 11) is 0. The molecule has 0 amide bonds. The summed E-state index contributed by atoms with van der Waals surface area (Å²) in [6.07, 6.45) is 2.12. The van der Waals surface area contributed by atoms with Gasteiger partial charge in [0.1, 0.15) is 0 Å². The first kappa shape index (κ1) is 12.7. The zero-order chi connectivity index (χ0) is 12.4. The van der Waals surface area contributed by atoms with Crippen LogP contribution in [0.5, 0.6) is 0 Å². The molecule has 1 aromatic carbocycles. The first-order valence-corrected chi connectivity index (χ1v) is 6.21. The number of rotatable bonds is 5. The standard InChI is InChI=1S/C12H13Cl2NO2/c13-9-1-4-11(14)8(5-9)6-15(7-12(16)17)10-2-3-10/h1,4-5,10H,2-3,6-7H2,(H,16,17). The summed E-state index contributed by atoms with van der Waals surface area (Å²) >= 11 is 12.0. The van der Waals surface area contributed by atoms with Crippen LogP contribution in [0.2, 0.25) is 10.0 Å². The molecule has 5 heteroatoms. The van der Waals surface area contributed by atoms with E-state index in [0.717, 1.165) is 18.4 Å². The van der Waals surface area contributed by atoms with Crippen molar-refractivity contribution in [1.29, 1.82) is 0 Å². The van der Waals surface area contributed by atoms with E-state index in [4.69, 9.17) is 28.3 Å². The number of carbonyl (C=O) groups is 1. The minimum absolute atomic E-state index is 0.0491. The van der Waals surface area contributed by atoms with Crippen LogP contribution in [-0.2, 0) is 11.3 Å². The van der Waals surface area contributed by atoms with Gasteiger partial charge in [-0.3, -0.25) is 9.69 Å². The predicted octanol–water partition coefficient (Wildman–Crippen LogP) is 3.04. The van der Waals surface area contributed by atoms with Gasteiger partial charge in [0, 0.05) is 22.6 Å². The van der Waals surface area contributed by atoms with Crippen molar-refractivity contribution < 1.29 is 9.90 Å². The number of hydrogen-bond acceptors (Lipinski definition) is 2. The van der Waals surface area contributed by atoms with Crippen molar-refractivity contribution in [1.82, 2.24) is 4.90 Å². The minimum atomic E-state index is -0.810. The molecule has 1 fully saturated rings. The topological polar surface area (TPSA) is 40.5 Å². The lowest BCUT2D eigenvalue weighted by Crippen LogP contribution is -2.31. The molecular formula is C12H13Cl2NO2. The predicted molar refractivity (Wildman–Crippen MR) is 67.5 cm³/mol. The van der Waals surface area contributed by atoms with Crippen molar-refractivity contribution in [2.24, 2.45) is 0 Å². The maximum atomic E-state index is 10.8. The Balaban J connectivity index is 2.10. The number of benzene rings is 1. The molecule has 0 bridgehead atoms. The fourth-order valence-electron chi connectivity index (χ4n) is 1.81. The van der Waals surface area contributed by atoms with Crippen LogP contribution in [0.15, 0.2) is 18.2 Å². The number of hydrogen-bond donors (Lipinski definition) is 1. The fourth-order valence-corrected chi connectivity index (χ4v) is 2.18. The van der Waals surface area contributed by atoms with Crippen LogP contribution in [0.4, 0.5) is 0 Å². The molecule has 2 rings (SSSR count). The van der Waals surface area contributed by atoms with Crippen LogP contribution in [0, 0.1) is 0 Å². The number of aliphatic carboxylic acids is 1. The van der Waals surface area contributed by atoms with Gasteiger partial charge in [0.05, 0.1) is 6.54 Å². The maximum absolute atomic E-state index is 10.8. The van der Waals surface area contributed by atoms with Gasteiger partial charge < -0.3 is 5.11 Å². The van der Waals surface area contributed by atoms with Crippen LogP contribution < -0.4 is 0 Å². The Morgan fingerprint density at radius 1 is 1.41 bits per heavy atom. The Hall–Kier alpha value is -0.770. The van der Waals surface area contributed by atoms with E-state index in [9.17, 15) is 4.79 Å². The Labute approximate surface area is 110 Å². The lowest BCUT2D eigenvalue weighted by Gasteiger charge is -2.20. The van der Waals surface area contributed by atoms with E-state index >= 15 is 0 Å². The second-order valence-corrected chi connectivity index (χ2v) is 5.11. The van der Waals surface area contributed by atoms with Crippen LogP contribution >= 0.6 is 23.2 Å². The van der Waals surface area contributed by atoms with E-state index in [1.807, 2.05) is 4.90 Å². The summed E-state index contributed by atoms with van der Waals surface area (Å²) in [5.74, 6) is -0.810. The molecule has 0 heterocycles. The largest absolute Gasteiger partial charge is 0.480 e. The summed E-state index contributed by atoms with van der Waals surface area (Å²) in [4.78, 5) is 12.7.